The normalized spacial score (nSPS) is 14.3. The molecule has 0 unspecified atom stereocenters. The first-order valence-corrected chi connectivity index (χ1v) is 12.5. The molecule has 3 aromatic heterocycles. The van der Waals surface area contributed by atoms with Crippen LogP contribution in [0.3, 0.4) is 0 Å². The van der Waals surface area contributed by atoms with E-state index in [0.717, 1.165) is 17.8 Å². The first-order valence-electron chi connectivity index (χ1n) is 10.8. The highest BCUT2D eigenvalue weighted by Crippen LogP contribution is 2.31. The van der Waals surface area contributed by atoms with Crippen molar-refractivity contribution in [2.75, 3.05) is 19.6 Å². The van der Waals surface area contributed by atoms with Crippen LogP contribution in [-0.4, -0.2) is 46.3 Å². The molecule has 0 aromatic carbocycles. The number of likely N-dealkylation sites (tertiary alicyclic amines) is 1. The molecule has 4 rings (SSSR count). The Morgan fingerprint density at radius 2 is 1.91 bits per heavy atom. The fourth-order valence-electron chi connectivity index (χ4n) is 4.00. The summed E-state index contributed by atoms with van der Waals surface area (Å²) in [5.74, 6) is -0.248. The molecule has 3 aromatic rings. The Balaban J connectivity index is 1.42. The highest BCUT2D eigenvalue weighted by Gasteiger charge is 2.29. The quantitative estimate of drug-likeness (QED) is 0.473. The Labute approximate surface area is 207 Å². The third kappa shape index (κ3) is 5.72. The molecular weight excluding hydrogens is 479 g/mol. The second kappa shape index (κ2) is 10.6. The van der Waals surface area contributed by atoms with E-state index in [2.05, 4.69) is 16.4 Å². The Morgan fingerprint density at radius 3 is 2.64 bits per heavy atom. The number of hydrogen-bond acceptors (Lipinski definition) is 5. The van der Waals surface area contributed by atoms with Crippen LogP contribution in [-0.2, 0) is 6.42 Å². The van der Waals surface area contributed by atoms with Crippen molar-refractivity contribution < 1.29 is 9.59 Å². The lowest BCUT2D eigenvalue weighted by atomic mass is 9.89. The molecule has 9 heteroatoms. The minimum Gasteiger partial charge on any atom is -0.352 e. The molecule has 0 radical (unpaired) electrons. The van der Waals surface area contributed by atoms with Crippen molar-refractivity contribution in [3.05, 3.63) is 79.5 Å². The molecule has 0 spiro atoms. The molecular formula is C24H24Cl2N4O2S. The smallest absolute Gasteiger partial charge is 0.274 e. The zero-order valence-corrected chi connectivity index (χ0v) is 20.5. The van der Waals surface area contributed by atoms with E-state index < -0.39 is 0 Å². The van der Waals surface area contributed by atoms with Crippen LogP contribution in [0.1, 0.15) is 55.9 Å². The van der Waals surface area contributed by atoms with Crippen LogP contribution in [0.5, 0.6) is 0 Å². The molecule has 1 aliphatic heterocycles. The summed E-state index contributed by atoms with van der Waals surface area (Å²) >= 11 is 13.8. The lowest BCUT2D eigenvalue weighted by Gasteiger charge is -2.32. The van der Waals surface area contributed by atoms with Crippen LogP contribution in [0.25, 0.3) is 0 Å². The van der Waals surface area contributed by atoms with Gasteiger partial charge >= 0.3 is 0 Å². The number of aryl methyl sites for hydroxylation is 1. The molecule has 2 amide bonds. The topological polar surface area (TPSA) is 75.2 Å². The van der Waals surface area contributed by atoms with Gasteiger partial charge in [-0.2, -0.15) is 0 Å². The van der Waals surface area contributed by atoms with E-state index in [0.29, 0.717) is 38.0 Å². The number of piperidine rings is 1. The van der Waals surface area contributed by atoms with Gasteiger partial charge in [-0.25, -0.2) is 4.98 Å². The van der Waals surface area contributed by atoms with Gasteiger partial charge in [-0.15, -0.1) is 11.3 Å². The fraction of sp³-hybridized carbons (Fsp3) is 0.333. The van der Waals surface area contributed by atoms with Gasteiger partial charge in [-0.05, 0) is 61.9 Å². The molecule has 1 fully saturated rings. The predicted octanol–water partition coefficient (Wildman–Crippen LogP) is 5.15. The first kappa shape index (κ1) is 23.7. The van der Waals surface area contributed by atoms with E-state index in [9.17, 15) is 9.59 Å². The van der Waals surface area contributed by atoms with E-state index in [-0.39, 0.29) is 33.6 Å². The van der Waals surface area contributed by atoms with Crippen LogP contribution in [0, 0.1) is 6.92 Å². The Kier molecular flexibility index (Phi) is 7.63. The van der Waals surface area contributed by atoms with Crippen LogP contribution in [0.4, 0.5) is 0 Å². The highest BCUT2D eigenvalue weighted by molar-refractivity contribution is 7.09. The minimum atomic E-state index is -0.232. The van der Waals surface area contributed by atoms with Gasteiger partial charge in [-0.3, -0.25) is 14.6 Å². The molecule has 6 nitrogen and oxygen atoms in total. The van der Waals surface area contributed by atoms with Gasteiger partial charge in [0.25, 0.3) is 11.8 Å². The molecule has 172 valence electrons. The van der Waals surface area contributed by atoms with Gasteiger partial charge in [0, 0.05) is 36.1 Å². The third-order valence-corrected chi connectivity index (χ3v) is 7.18. The summed E-state index contributed by atoms with van der Waals surface area (Å²) in [6, 6.07) is 10.9. The van der Waals surface area contributed by atoms with Crippen molar-refractivity contribution in [1.29, 1.82) is 0 Å². The number of thiophene rings is 1. The summed E-state index contributed by atoms with van der Waals surface area (Å²) in [6.45, 7) is 3.56. The van der Waals surface area contributed by atoms with Crippen molar-refractivity contribution in [3.63, 3.8) is 0 Å². The Bertz CT molecular complexity index is 1150. The van der Waals surface area contributed by atoms with E-state index in [1.807, 2.05) is 30.5 Å². The van der Waals surface area contributed by atoms with E-state index >= 15 is 0 Å². The average molecular weight is 503 g/mol. The molecule has 33 heavy (non-hydrogen) atoms. The molecule has 1 N–H and O–H groups in total. The standard InChI is InChI=1S/C24H24Cl2N4O2S/c1-15-4-5-18(23(31)27-11-8-17-3-2-14-33-17)21(28-15)16-9-12-30(13-10-16)24(32)22-19(25)6-7-20(26)29-22/h2-7,14,16H,8-13H2,1H3,(H,27,31). The number of halogens is 2. The molecule has 0 atom stereocenters. The summed E-state index contributed by atoms with van der Waals surface area (Å²) in [6.07, 6.45) is 2.21. The molecule has 4 heterocycles. The van der Waals surface area contributed by atoms with E-state index in [1.165, 1.54) is 4.88 Å². The van der Waals surface area contributed by atoms with Gasteiger partial charge in [-0.1, -0.05) is 29.3 Å². The van der Waals surface area contributed by atoms with Crippen molar-refractivity contribution in [2.24, 2.45) is 0 Å². The van der Waals surface area contributed by atoms with Gasteiger partial charge in [0.1, 0.15) is 10.8 Å². The number of carbonyl (C=O) groups is 2. The molecule has 0 bridgehead atoms. The second-order valence-corrected chi connectivity index (χ2v) is 9.83. The average Bonchev–Trinajstić information content (AvgIpc) is 3.34. The van der Waals surface area contributed by atoms with Gasteiger partial charge in [0.15, 0.2) is 0 Å². The van der Waals surface area contributed by atoms with Crippen molar-refractivity contribution in [2.45, 2.75) is 32.1 Å². The van der Waals surface area contributed by atoms with E-state index in [4.69, 9.17) is 28.2 Å². The van der Waals surface area contributed by atoms with Gasteiger partial charge < -0.3 is 10.2 Å². The maximum atomic E-state index is 12.9. The minimum absolute atomic E-state index is 0.0924. The van der Waals surface area contributed by atoms with Crippen LogP contribution < -0.4 is 5.32 Å². The van der Waals surface area contributed by atoms with Crippen molar-refractivity contribution in [1.82, 2.24) is 20.2 Å². The maximum absolute atomic E-state index is 12.9. The molecule has 1 saturated heterocycles. The van der Waals surface area contributed by atoms with E-state index in [1.54, 1.807) is 28.4 Å². The third-order valence-electron chi connectivity index (χ3n) is 5.73. The molecule has 0 saturated carbocycles. The van der Waals surface area contributed by atoms with Crippen LogP contribution in [0.2, 0.25) is 10.2 Å². The maximum Gasteiger partial charge on any atom is 0.274 e. The fourth-order valence-corrected chi connectivity index (χ4v) is 5.05. The monoisotopic (exact) mass is 502 g/mol. The summed E-state index contributed by atoms with van der Waals surface area (Å²) < 4.78 is 0. The molecule has 1 aliphatic rings. The zero-order valence-electron chi connectivity index (χ0n) is 18.2. The van der Waals surface area contributed by atoms with Crippen LogP contribution in [0.15, 0.2) is 41.8 Å². The van der Waals surface area contributed by atoms with Crippen LogP contribution >= 0.6 is 34.5 Å². The summed E-state index contributed by atoms with van der Waals surface area (Å²) in [5, 5.41) is 5.58. The number of carbonyl (C=O) groups excluding carboxylic acids is 2. The molecule has 0 aliphatic carbocycles. The lowest BCUT2D eigenvalue weighted by molar-refractivity contribution is 0.0704. The van der Waals surface area contributed by atoms with Crippen molar-refractivity contribution in [3.8, 4) is 0 Å². The van der Waals surface area contributed by atoms with Gasteiger partial charge in [0.2, 0.25) is 0 Å². The van der Waals surface area contributed by atoms with Crippen molar-refractivity contribution >= 4 is 46.4 Å². The number of nitrogens with one attached hydrogen (secondary N) is 1. The Morgan fingerprint density at radius 1 is 1.12 bits per heavy atom. The largest absolute Gasteiger partial charge is 0.352 e. The SMILES string of the molecule is Cc1ccc(C(=O)NCCc2cccs2)c(C2CCN(C(=O)c3nc(Cl)ccc3Cl)CC2)n1. The second-order valence-electron chi connectivity index (χ2n) is 8.00. The first-order chi connectivity index (χ1) is 15.9. The Hall–Kier alpha value is -2.48. The summed E-state index contributed by atoms with van der Waals surface area (Å²) in [5.41, 5.74) is 2.45. The number of amides is 2. The highest BCUT2D eigenvalue weighted by atomic mass is 35.5. The zero-order chi connectivity index (χ0) is 23.4. The number of pyridine rings is 2. The number of nitrogens with zero attached hydrogens (tertiary/aromatic N) is 3. The number of aromatic nitrogens is 2. The van der Waals surface area contributed by atoms with Gasteiger partial charge in [0.05, 0.1) is 16.3 Å². The predicted molar refractivity (Wildman–Crippen MR) is 131 cm³/mol. The summed E-state index contributed by atoms with van der Waals surface area (Å²) in [7, 11) is 0. The number of rotatable bonds is 6. The number of hydrogen-bond donors (Lipinski definition) is 1. The lowest BCUT2D eigenvalue weighted by Crippen LogP contribution is -2.39. The summed E-state index contributed by atoms with van der Waals surface area (Å²) in [4.78, 5) is 37.6.